The van der Waals surface area contributed by atoms with Crippen molar-refractivity contribution in [3.63, 3.8) is 0 Å². The highest BCUT2D eigenvalue weighted by molar-refractivity contribution is 9.11. The average molecular weight is 464 g/mol. The highest BCUT2D eigenvalue weighted by Crippen LogP contribution is 2.40. The summed E-state index contributed by atoms with van der Waals surface area (Å²) in [7, 11) is 0. The number of aryl methyl sites for hydroxylation is 1. The van der Waals surface area contributed by atoms with Crippen molar-refractivity contribution in [2.24, 2.45) is 0 Å². The van der Waals surface area contributed by atoms with Crippen molar-refractivity contribution in [1.82, 2.24) is 0 Å². The molecule has 0 aromatic heterocycles. The molecule has 1 saturated heterocycles. The molecule has 0 radical (unpaired) electrons. The molecule has 0 aliphatic carbocycles. The predicted octanol–water partition coefficient (Wildman–Crippen LogP) is 3.56. The minimum absolute atomic E-state index is 0.131. The molecule has 24 heavy (non-hydrogen) atoms. The minimum atomic E-state index is -1.34. The summed E-state index contributed by atoms with van der Waals surface area (Å²) in [5.74, 6) is -3.04. The smallest absolute Gasteiger partial charge is 0.350 e. The Morgan fingerprint density at radius 1 is 1.25 bits per heavy atom. The molecule has 2 rings (SSSR count). The van der Waals surface area contributed by atoms with Crippen LogP contribution in [0.4, 0.5) is 11.4 Å². The molecule has 1 aliphatic heterocycles. The molecule has 0 unspecified atom stereocenters. The number of halogens is 2. The van der Waals surface area contributed by atoms with Crippen LogP contribution >= 0.6 is 31.9 Å². The van der Waals surface area contributed by atoms with Gasteiger partial charge in [0.05, 0.1) is 10.6 Å². The highest BCUT2D eigenvalue weighted by atomic mass is 79.9. The maximum Gasteiger partial charge on any atom is 0.350 e. The second-order valence-electron chi connectivity index (χ2n) is 5.35. The average Bonchev–Trinajstić information content (AvgIpc) is 2.38. The molecule has 0 spiro atoms. The van der Waals surface area contributed by atoms with E-state index in [9.17, 15) is 19.7 Å². The number of hydrogen-bond acceptors (Lipinski definition) is 7. The number of anilines is 1. The third-order valence-corrected chi connectivity index (χ3v) is 4.44. The van der Waals surface area contributed by atoms with Crippen LogP contribution in [0.25, 0.3) is 0 Å². The van der Waals surface area contributed by atoms with Crippen LogP contribution in [0.3, 0.4) is 0 Å². The SMILES string of the molecule is Cc1cc(Br)c(NC=C2C(=O)OC(C)(C)OC2=O)c(Br)c1[N+](=O)[O-]. The Morgan fingerprint density at radius 3 is 2.29 bits per heavy atom. The number of nitro groups is 1. The number of nitro benzene ring substituents is 1. The van der Waals surface area contributed by atoms with E-state index in [0.29, 0.717) is 10.0 Å². The van der Waals surface area contributed by atoms with Crippen molar-refractivity contribution in [3.05, 3.63) is 42.5 Å². The summed E-state index contributed by atoms with van der Waals surface area (Å²) in [6, 6.07) is 1.55. The summed E-state index contributed by atoms with van der Waals surface area (Å²) in [5, 5.41) is 13.9. The zero-order chi connectivity index (χ0) is 18.2. The van der Waals surface area contributed by atoms with Gasteiger partial charge < -0.3 is 14.8 Å². The Hall–Kier alpha value is -1.94. The summed E-state index contributed by atoms with van der Waals surface area (Å²) >= 11 is 6.44. The number of rotatable bonds is 3. The Morgan fingerprint density at radius 2 is 1.79 bits per heavy atom. The molecule has 1 aromatic rings. The third kappa shape index (κ3) is 3.59. The van der Waals surface area contributed by atoms with E-state index in [0.717, 1.165) is 6.20 Å². The molecule has 1 aromatic carbocycles. The van der Waals surface area contributed by atoms with Gasteiger partial charge in [-0.2, -0.15) is 0 Å². The van der Waals surface area contributed by atoms with Crippen LogP contribution in [-0.4, -0.2) is 22.6 Å². The minimum Gasteiger partial charge on any atom is -0.419 e. The van der Waals surface area contributed by atoms with Crippen LogP contribution in [0.5, 0.6) is 0 Å². The Labute approximate surface area is 153 Å². The molecule has 8 nitrogen and oxygen atoms in total. The van der Waals surface area contributed by atoms with Crippen molar-refractivity contribution in [2.45, 2.75) is 26.6 Å². The van der Waals surface area contributed by atoms with Gasteiger partial charge in [-0.3, -0.25) is 10.1 Å². The first-order valence-corrected chi connectivity index (χ1v) is 8.18. The quantitative estimate of drug-likeness (QED) is 0.240. The van der Waals surface area contributed by atoms with E-state index >= 15 is 0 Å². The zero-order valence-electron chi connectivity index (χ0n) is 12.8. The van der Waals surface area contributed by atoms with E-state index in [1.165, 1.54) is 13.8 Å². The van der Waals surface area contributed by atoms with Crippen LogP contribution in [0.2, 0.25) is 0 Å². The second-order valence-corrected chi connectivity index (χ2v) is 7.00. The van der Waals surface area contributed by atoms with Crippen LogP contribution in [0.15, 0.2) is 26.8 Å². The molecular weight excluding hydrogens is 452 g/mol. The Balaban J connectivity index is 2.39. The van der Waals surface area contributed by atoms with E-state index in [-0.39, 0.29) is 21.4 Å². The van der Waals surface area contributed by atoms with Gasteiger partial charge in [0.1, 0.15) is 4.47 Å². The molecule has 10 heteroatoms. The van der Waals surface area contributed by atoms with Gasteiger partial charge in [-0.15, -0.1) is 0 Å². The largest absolute Gasteiger partial charge is 0.419 e. The van der Waals surface area contributed by atoms with Crippen molar-refractivity contribution in [2.75, 3.05) is 5.32 Å². The summed E-state index contributed by atoms with van der Waals surface area (Å²) in [6.45, 7) is 4.46. The summed E-state index contributed by atoms with van der Waals surface area (Å²) in [6.07, 6.45) is 1.09. The van der Waals surface area contributed by atoms with Crippen LogP contribution in [-0.2, 0) is 19.1 Å². The Kier molecular flexibility index (Phi) is 5.00. The number of cyclic esters (lactones) is 2. The van der Waals surface area contributed by atoms with E-state index in [1.807, 2.05) is 0 Å². The number of hydrogen-bond donors (Lipinski definition) is 1. The Bertz CT molecular complexity index is 766. The molecule has 1 N–H and O–H groups in total. The van der Waals surface area contributed by atoms with Gasteiger partial charge in [0, 0.05) is 30.1 Å². The molecular formula is C14H12Br2N2O6. The summed E-state index contributed by atoms with van der Waals surface area (Å²) in [5.41, 5.74) is 0.241. The topological polar surface area (TPSA) is 108 Å². The third-order valence-electron chi connectivity index (χ3n) is 3.04. The number of nitrogens with one attached hydrogen (secondary N) is 1. The van der Waals surface area contributed by atoms with Crippen LogP contribution in [0.1, 0.15) is 19.4 Å². The van der Waals surface area contributed by atoms with E-state index < -0.39 is 22.6 Å². The molecule has 0 amide bonds. The molecule has 1 aliphatic rings. The molecule has 0 atom stereocenters. The molecule has 0 bridgehead atoms. The van der Waals surface area contributed by atoms with Gasteiger partial charge in [-0.25, -0.2) is 9.59 Å². The lowest BCUT2D eigenvalue weighted by molar-refractivity contribution is -0.386. The van der Waals surface area contributed by atoms with Gasteiger partial charge in [0.15, 0.2) is 5.57 Å². The standard InChI is InChI=1S/C14H12Br2N2O6/c1-6-4-8(15)10(9(16)11(6)18(21)22)17-5-7-12(19)23-14(2,3)24-13(7)20/h4-5,17H,1-3H3. The van der Waals surface area contributed by atoms with Crippen molar-refractivity contribution in [1.29, 1.82) is 0 Å². The predicted molar refractivity (Wildman–Crippen MR) is 91.2 cm³/mol. The summed E-state index contributed by atoms with van der Waals surface area (Å²) < 4.78 is 10.6. The fraction of sp³-hybridized carbons (Fsp3) is 0.286. The fourth-order valence-corrected chi connectivity index (χ4v) is 3.71. The maximum atomic E-state index is 11.9. The van der Waals surface area contributed by atoms with Crippen LogP contribution < -0.4 is 5.32 Å². The molecule has 1 fully saturated rings. The number of carbonyl (C=O) groups excluding carboxylic acids is 2. The first-order chi connectivity index (χ1) is 11.0. The molecule has 128 valence electrons. The second kappa shape index (κ2) is 6.52. The van der Waals surface area contributed by atoms with E-state index in [4.69, 9.17) is 9.47 Å². The van der Waals surface area contributed by atoms with Crippen LogP contribution in [0, 0.1) is 17.0 Å². The summed E-state index contributed by atoms with van der Waals surface area (Å²) in [4.78, 5) is 34.4. The maximum absolute atomic E-state index is 11.9. The lowest BCUT2D eigenvalue weighted by atomic mass is 10.2. The lowest BCUT2D eigenvalue weighted by Gasteiger charge is -2.29. The fourth-order valence-electron chi connectivity index (χ4n) is 2.01. The normalized spacial score (nSPS) is 16.3. The number of ether oxygens (including phenoxy) is 2. The van der Waals surface area contributed by atoms with Gasteiger partial charge in [-0.1, -0.05) is 0 Å². The number of carbonyl (C=O) groups is 2. The number of esters is 2. The van der Waals surface area contributed by atoms with Crippen molar-refractivity contribution >= 4 is 55.2 Å². The van der Waals surface area contributed by atoms with Gasteiger partial charge in [0.25, 0.3) is 11.5 Å². The van der Waals surface area contributed by atoms with Gasteiger partial charge >= 0.3 is 11.9 Å². The molecule has 0 saturated carbocycles. The number of nitrogens with zero attached hydrogens (tertiary/aromatic N) is 1. The number of benzene rings is 1. The monoisotopic (exact) mass is 462 g/mol. The first-order valence-electron chi connectivity index (χ1n) is 6.60. The van der Waals surface area contributed by atoms with E-state index in [1.54, 1.807) is 13.0 Å². The lowest BCUT2D eigenvalue weighted by Crippen LogP contribution is -2.42. The van der Waals surface area contributed by atoms with E-state index in [2.05, 4.69) is 37.2 Å². The van der Waals surface area contributed by atoms with Gasteiger partial charge in [0.2, 0.25) is 0 Å². The zero-order valence-corrected chi connectivity index (χ0v) is 16.0. The van der Waals surface area contributed by atoms with Crippen molar-refractivity contribution < 1.29 is 24.0 Å². The van der Waals surface area contributed by atoms with Crippen molar-refractivity contribution in [3.8, 4) is 0 Å². The van der Waals surface area contributed by atoms with Gasteiger partial charge in [-0.05, 0) is 44.8 Å². The molecule has 1 heterocycles. The highest BCUT2D eigenvalue weighted by Gasteiger charge is 2.39. The first kappa shape index (κ1) is 18.4.